The van der Waals surface area contributed by atoms with Gasteiger partial charge in [-0.2, -0.15) is 11.8 Å². The van der Waals surface area contributed by atoms with E-state index in [4.69, 9.17) is 0 Å². The summed E-state index contributed by atoms with van der Waals surface area (Å²) in [6.45, 7) is 5.56. The first-order chi connectivity index (χ1) is 10.7. The van der Waals surface area contributed by atoms with Gasteiger partial charge in [-0.05, 0) is 38.4 Å². The molecule has 0 unspecified atom stereocenters. The summed E-state index contributed by atoms with van der Waals surface area (Å²) in [6, 6.07) is 1.35. The Bertz CT molecular complexity index is 332. The van der Waals surface area contributed by atoms with Crippen LogP contribution in [0.3, 0.4) is 0 Å². The van der Waals surface area contributed by atoms with Crippen molar-refractivity contribution in [3.63, 3.8) is 0 Å². The molecule has 1 heterocycles. The highest BCUT2D eigenvalue weighted by Crippen LogP contribution is 2.28. The van der Waals surface area contributed by atoms with E-state index in [1.54, 1.807) is 0 Å². The van der Waals surface area contributed by atoms with Crippen LogP contribution >= 0.6 is 11.8 Å². The van der Waals surface area contributed by atoms with E-state index in [1.165, 1.54) is 38.5 Å². The summed E-state index contributed by atoms with van der Waals surface area (Å²) in [5, 5.41) is 7.69. The van der Waals surface area contributed by atoms with Crippen LogP contribution in [0.1, 0.15) is 51.9 Å². The van der Waals surface area contributed by atoms with Crippen molar-refractivity contribution in [2.24, 2.45) is 0 Å². The first-order valence-electron chi connectivity index (χ1n) is 9.00. The smallest absolute Gasteiger partial charge is 0.234 e. The van der Waals surface area contributed by atoms with Gasteiger partial charge in [0.15, 0.2) is 0 Å². The Morgan fingerprint density at radius 3 is 2.59 bits per heavy atom. The van der Waals surface area contributed by atoms with Crippen molar-refractivity contribution in [1.29, 1.82) is 0 Å². The molecule has 2 atom stereocenters. The average Bonchev–Trinajstić information content (AvgIpc) is 2.55. The van der Waals surface area contributed by atoms with Crippen LogP contribution in [0.4, 0.5) is 0 Å². The second-order valence-corrected chi connectivity index (χ2v) is 7.81. The number of hydrogen-bond acceptors (Lipinski definition) is 4. The van der Waals surface area contributed by atoms with Crippen LogP contribution in [-0.2, 0) is 4.79 Å². The molecule has 2 fully saturated rings. The monoisotopic (exact) mass is 327 g/mol. The van der Waals surface area contributed by atoms with Gasteiger partial charge in [-0.1, -0.05) is 19.8 Å². The number of hydrogen-bond donors (Lipinski definition) is 2. The molecule has 2 aliphatic rings. The van der Waals surface area contributed by atoms with Crippen molar-refractivity contribution >= 4 is 17.7 Å². The standard InChI is InChI=1S/C17H33N3OS/c1-3-10-18-17(21)13-20-11-8-14(9-12-20)19-15-6-4-5-7-16(15)22-2/h14-16,19H,3-13H2,1-2H3,(H,18,21)/t15-,16+/m0/s1. The van der Waals surface area contributed by atoms with E-state index < -0.39 is 0 Å². The highest BCUT2D eigenvalue weighted by molar-refractivity contribution is 7.99. The lowest BCUT2D eigenvalue weighted by Gasteiger charge is -2.38. The minimum absolute atomic E-state index is 0.183. The molecule has 0 spiro atoms. The molecular formula is C17H33N3OS. The maximum absolute atomic E-state index is 11.8. The Morgan fingerprint density at radius 2 is 1.91 bits per heavy atom. The molecule has 2 rings (SSSR count). The number of carbonyl (C=O) groups excluding carboxylic acids is 1. The average molecular weight is 328 g/mol. The highest BCUT2D eigenvalue weighted by atomic mass is 32.2. The molecule has 1 aliphatic carbocycles. The van der Waals surface area contributed by atoms with E-state index in [1.807, 2.05) is 11.8 Å². The maximum atomic E-state index is 11.8. The van der Waals surface area contributed by atoms with Gasteiger partial charge in [-0.15, -0.1) is 0 Å². The van der Waals surface area contributed by atoms with Gasteiger partial charge in [0.25, 0.3) is 0 Å². The van der Waals surface area contributed by atoms with Crippen LogP contribution in [-0.4, -0.2) is 60.6 Å². The molecule has 1 saturated carbocycles. The summed E-state index contributed by atoms with van der Waals surface area (Å²) >= 11 is 2.03. The van der Waals surface area contributed by atoms with Crippen LogP contribution in [0.25, 0.3) is 0 Å². The van der Waals surface area contributed by atoms with Gasteiger partial charge in [0.1, 0.15) is 0 Å². The predicted octanol–water partition coefficient (Wildman–Crippen LogP) is 2.24. The van der Waals surface area contributed by atoms with Gasteiger partial charge in [-0.3, -0.25) is 9.69 Å². The number of carbonyl (C=O) groups is 1. The van der Waals surface area contributed by atoms with E-state index >= 15 is 0 Å². The number of nitrogens with one attached hydrogen (secondary N) is 2. The molecule has 0 radical (unpaired) electrons. The summed E-state index contributed by atoms with van der Waals surface area (Å²) in [5.41, 5.74) is 0. The second-order valence-electron chi connectivity index (χ2n) is 6.73. The third kappa shape index (κ3) is 5.74. The number of thioether (sulfide) groups is 1. The molecule has 22 heavy (non-hydrogen) atoms. The third-order valence-corrected chi connectivity index (χ3v) is 6.15. The van der Waals surface area contributed by atoms with Gasteiger partial charge >= 0.3 is 0 Å². The van der Waals surface area contributed by atoms with Crippen LogP contribution in [0.15, 0.2) is 0 Å². The second kappa shape index (κ2) is 9.78. The lowest BCUT2D eigenvalue weighted by Crippen LogP contribution is -2.51. The SMILES string of the molecule is CCCNC(=O)CN1CCC(N[C@H]2CCCC[C@H]2SC)CC1. The van der Waals surface area contributed by atoms with Crippen molar-refractivity contribution in [3.8, 4) is 0 Å². The molecular weight excluding hydrogens is 294 g/mol. The van der Waals surface area contributed by atoms with Crippen molar-refractivity contribution in [2.75, 3.05) is 32.4 Å². The quantitative estimate of drug-likeness (QED) is 0.753. The molecule has 0 bridgehead atoms. The molecule has 1 aliphatic heterocycles. The molecule has 1 amide bonds. The van der Waals surface area contributed by atoms with Crippen molar-refractivity contribution in [1.82, 2.24) is 15.5 Å². The fraction of sp³-hybridized carbons (Fsp3) is 0.941. The molecule has 4 nitrogen and oxygen atoms in total. The summed E-state index contributed by atoms with van der Waals surface area (Å²) in [6.07, 6.45) is 11.1. The first-order valence-corrected chi connectivity index (χ1v) is 10.3. The van der Waals surface area contributed by atoms with Gasteiger partial charge < -0.3 is 10.6 Å². The van der Waals surface area contributed by atoms with Gasteiger partial charge in [0, 0.05) is 37.0 Å². The predicted molar refractivity (Wildman–Crippen MR) is 95.5 cm³/mol. The molecule has 0 aromatic rings. The maximum Gasteiger partial charge on any atom is 0.234 e. The topological polar surface area (TPSA) is 44.4 Å². The van der Waals surface area contributed by atoms with Gasteiger partial charge in [0.2, 0.25) is 5.91 Å². The molecule has 5 heteroatoms. The number of rotatable bonds is 7. The largest absolute Gasteiger partial charge is 0.355 e. The first kappa shape index (κ1) is 18.1. The van der Waals surface area contributed by atoms with Crippen LogP contribution in [0.5, 0.6) is 0 Å². The van der Waals surface area contributed by atoms with E-state index in [9.17, 15) is 4.79 Å². The molecule has 2 N–H and O–H groups in total. The Morgan fingerprint density at radius 1 is 1.18 bits per heavy atom. The molecule has 1 saturated heterocycles. The van der Waals surface area contributed by atoms with Gasteiger partial charge in [-0.25, -0.2) is 0 Å². The zero-order chi connectivity index (χ0) is 15.8. The Balaban J connectivity index is 1.67. The van der Waals surface area contributed by atoms with Crippen molar-refractivity contribution in [2.45, 2.75) is 69.2 Å². The van der Waals surface area contributed by atoms with Gasteiger partial charge in [0.05, 0.1) is 6.54 Å². The lowest BCUT2D eigenvalue weighted by molar-refractivity contribution is -0.122. The summed E-state index contributed by atoms with van der Waals surface area (Å²) in [4.78, 5) is 14.1. The lowest BCUT2D eigenvalue weighted by atomic mass is 9.93. The van der Waals surface area contributed by atoms with E-state index in [-0.39, 0.29) is 5.91 Å². The zero-order valence-electron chi connectivity index (χ0n) is 14.3. The summed E-state index contributed by atoms with van der Waals surface area (Å²) in [5.74, 6) is 0.183. The minimum Gasteiger partial charge on any atom is -0.355 e. The minimum atomic E-state index is 0.183. The number of nitrogens with zero attached hydrogens (tertiary/aromatic N) is 1. The number of likely N-dealkylation sites (tertiary alicyclic amines) is 1. The number of piperidine rings is 1. The van der Waals surface area contributed by atoms with E-state index in [2.05, 4.69) is 28.7 Å². The van der Waals surface area contributed by atoms with Crippen LogP contribution in [0, 0.1) is 0 Å². The Hall–Kier alpha value is -0.260. The highest BCUT2D eigenvalue weighted by Gasteiger charge is 2.28. The molecule has 0 aromatic heterocycles. The molecule has 128 valence electrons. The van der Waals surface area contributed by atoms with Crippen LogP contribution in [0.2, 0.25) is 0 Å². The number of amides is 1. The van der Waals surface area contributed by atoms with Crippen molar-refractivity contribution < 1.29 is 4.79 Å². The fourth-order valence-electron chi connectivity index (χ4n) is 3.65. The summed E-state index contributed by atoms with van der Waals surface area (Å²) in [7, 11) is 0. The van der Waals surface area contributed by atoms with E-state index in [0.717, 1.165) is 31.3 Å². The third-order valence-electron chi connectivity index (χ3n) is 4.98. The summed E-state index contributed by atoms with van der Waals surface area (Å²) < 4.78 is 0. The Labute approximate surface area is 140 Å². The normalized spacial score (nSPS) is 27.7. The Kier molecular flexibility index (Phi) is 8.04. The van der Waals surface area contributed by atoms with Crippen LogP contribution < -0.4 is 10.6 Å². The fourth-order valence-corrected chi connectivity index (χ4v) is 4.60. The molecule has 0 aromatic carbocycles. The van der Waals surface area contributed by atoms with Crippen molar-refractivity contribution in [3.05, 3.63) is 0 Å². The van der Waals surface area contributed by atoms with E-state index in [0.29, 0.717) is 18.6 Å². The zero-order valence-corrected chi connectivity index (χ0v) is 15.1.